The maximum Gasteiger partial charge on any atom is 0.138 e. The van der Waals surface area contributed by atoms with Crippen LogP contribution >= 0.6 is 22.6 Å². The molecule has 0 saturated carbocycles. The average Bonchev–Trinajstić information content (AvgIpc) is 2.42. The van der Waals surface area contributed by atoms with Gasteiger partial charge in [0, 0.05) is 18.8 Å². The Balaban J connectivity index is 2.41. The summed E-state index contributed by atoms with van der Waals surface area (Å²) in [4.78, 5) is 1.79. The van der Waals surface area contributed by atoms with Gasteiger partial charge in [0.1, 0.15) is 5.82 Å². The van der Waals surface area contributed by atoms with Crippen LogP contribution in [0.4, 0.5) is 21.5 Å². The van der Waals surface area contributed by atoms with E-state index in [0.717, 1.165) is 5.69 Å². The molecule has 0 aliphatic rings. The van der Waals surface area contributed by atoms with E-state index in [1.165, 1.54) is 6.07 Å². The Hall–Kier alpha value is -1.81. The minimum Gasteiger partial charge on any atom is -0.397 e. The van der Waals surface area contributed by atoms with Gasteiger partial charge < -0.3 is 10.6 Å². The monoisotopic (exact) mass is 367 g/mol. The first-order valence-corrected chi connectivity index (χ1v) is 6.59. The van der Waals surface area contributed by atoms with Gasteiger partial charge in [0.15, 0.2) is 0 Å². The molecule has 3 nitrogen and oxygen atoms in total. The van der Waals surface area contributed by atoms with Crippen LogP contribution in [0.3, 0.4) is 0 Å². The minimum absolute atomic E-state index is 0.301. The second-order valence-electron chi connectivity index (χ2n) is 4.04. The average molecular weight is 367 g/mol. The van der Waals surface area contributed by atoms with Crippen molar-refractivity contribution >= 4 is 39.7 Å². The van der Waals surface area contributed by atoms with Gasteiger partial charge in [0.05, 0.1) is 26.6 Å². The maximum absolute atomic E-state index is 13.6. The van der Waals surface area contributed by atoms with Crippen molar-refractivity contribution in [3.05, 3.63) is 51.3 Å². The highest BCUT2D eigenvalue weighted by molar-refractivity contribution is 14.1. The summed E-state index contributed by atoms with van der Waals surface area (Å²) in [5.74, 6) is -0.301. The molecule has 0 radical (unpaired) electrons. The molecule has 5 heteroatoms. The van der Waals surface area contributed by atoms with E-state index in [9.17, 15) is 4.39 Å². The highest BCUT2D eigenvalue weighted by Gasteiger charge is 2.11. The highest BCUT2D eigenvalue weighted by Crippen LogP contribution is 2.31. The molecule has 0 fully saturated rings. The van der Waals surface area contributed by atoms with Crippen LogP contribution < -0.4 is 10.6 Å². The standard InChI is InChI=1S/C14H11FIN3/c1-19(10-4-2-9(8-17)3-5-10)14-6-11(15)12(16)7-13(14)18/h2-7H,18H2,1H3. The van der Waals surface area contributed by atoms with Gasteiger partial charge in [-0.15, -0.1) is 0 Å². The Bertz CT molecular complexity index is 647. The minimum atomic E-state index is -0.301. The molecular weight excluding hydrogens is 356 g/mol. The van der Waals surface area contributed by atoms with E-state index >= 15 is 0 Å². The van der Waals surface area contributed by atoms with Crippen molar-refractivity contribution in [1.29, 1.82) is 5.26 Å². The lowest BCUT2D eigenvalue weighted by molar-refractivity contribution is 0.620. The molecule has 0 spiro atoms. The van der Waals surface area contributed by atoms with E-state index in [-0.39, 0.29) is 5.82 Å². The van der Waals surface area contributed by atoms with Crippen molar-refractivity contribution < 1.29 is 4.39 Å². The topological polar surface area (TPSA) is 53.0 Å². The van der Waals surface area contributed by atoms with Crippen LogP contribution in [0.25, 0.3) is 0 Å². The number of nitrogens with two attached hydrogens (primary N) is 1. The van der Waals surface area contributed by atoms with Crippen molar-refractivity contribution in [3.8, 4) is 6.07 Å². The number of nitriles is 1. The van der Waals surface area contributed by atoms with Gasteiger partial charge in [-0.1, -0.05) is 0 Å². The normalized spacial score (nSPS) is 10.0. The number of nitrogen functional groups attached to an aromatic ring is 1. The van der Waals surface area contributed by atoms with Crippen molar-refractivity contribution in [2.75, 3.05) is 17.7 Å². The smallest absolute Gasteiger partial charge is 0.138 e. The number of hydrogen-bond donors (Lipinski definition) is 1. The van der Waals surface area contributed by atoms with Crippen LogP contribution in [0.2, 0.25) is 0 Å². The molecule has 0 unspecified atom stereocenters. The van der Waals surface area contributed by atoms with Gasteiger partial charge in [0.25, 0.3) is 0 Å². The zero-order chi connectivity index (χ0) is 14.0. The Morgan fingerprint density at radius 1 is 1.26 bits per heavy atom. The molecule has 0 aliphatic heterocycles. The molecule has 2 N–H and O–H groups in total. The van der Waals surface area contributed by atoms with E-state index in [4.69, 9.17) is 11.0 Å². The van der Waals surface area contributed by atoms with Crippen LogP contribution in [0.1, 0.15) is 5.56 Å². The molecule has 19 heavy (non-hydrogen) atoms. The first-order valence-electron chi connectivity index (χ1n) is 5.51. The van der Waals surface area contributed by atoms with Gasteiger partial charge in [0.2, 0.25) is 0 Å². The quantitative estimate of drug-likeness (QED) is 0.651. The van der Waals surface area contributed by atoms with Crippen molar-refractivity contribution in [3.63, 3.8) is 0 Å². The number of halogens is 2. The molecular formula is C14H11FIN3. The van der Waals surface area contributed by atoms with Crippen molar-refractivity contribution in [2.45, 2.75) is 0 Å². The fourth-order valence-electron chi connectivity index (χ4n) is 1.74. The Labute approximate surface area is 124 Å². The van der Waals surface area contributed by atoms with E-state index in [1.807, 2.05) is 22.6 Å². The predicted octanol–water partition coefficient (Wildman–Crippen LogP) is 3.65. The number of nitrogens with zero attached hydrogens (tertiary/aromatic N) is 2. The Morgan fingerprint density at radius 2 is 1.89 bits per heavy atom. The van der Waals surface area contributed by atoms with Gasteiger partial charge in [-0.25, -0.2) is 4.39 Å². The maximum atomic E-state index is 13.6. The summed E-state index contributed by atoms with van der Waals surface area (Å²) in [5.41, 5.74) is 8.45. The fraction of sp³-hybridized carbons (Fsp3) is 0.0714. The summed E-state index contributed by atoms with van der Waals surface area (Å²) >= 11 is 1.90. The molecule has 0 aliphatic carbocycles. The number of benzene rings is 2. The lowest BCUT2D eigenvalue weighted by Gasteiger charge is -2.21. The molecule has 0 saturated heterocycles. The molecule has 0 bridgehead atoms. The van der Waals surface area contributed by atoms with Crippen LogP contribution in [-0.2, 0) is 0 Å². The number of anilines is 3. The van der Waals surface area contributed by atoms with E-state index in [0.29, 0.717) is 20.5 Å². The highest BCUT2D eigenvalue weighted by atomic mass is 127. The first kappa shape index (κ1) is 13.6. The van der Waals surface area contributed by atoms with Crippen LogP contribution in [-0.4, -0.2) is 7.05 Å². The third-order valence-electron chi connectivity index (χ3n) is 2.81. The molecule has 2 aromatic carbocycles. The fourth-order valence-corrected chi connectivity index (χ4v) is 2.23. The molecule has 2 aromatic rings. The van der Waals surface area contributed by atoms with Gasteiger partial charge in [-0.05, 0) is 52.9 Å². The number of rotatable bonds is 2. The Morgan fingerprint density at radius 3 is 2.47 bits per heavy atom. The van der Waals surface area contributed by atoms with Crippen LogP contribution in [0, 0.1) is 20.7 Å². The molecule has 0 heterocycles. The molecule has 0 aromatic heterocycles. The third kappa shape index (κ3) is 2.79. The molecule has 0 atom stereocenters. The summed E-state index contributed by atoms with van der Waals surface area (Å²) in [7, 11) is 1.80. The van der Waals surface area contributed by atoms with Gasteiger partial charge in [-0.3, -0.25) is 0 Å². The summed E-state index contributed by atoms with van der Waals surface area (Å²) in [6, 6.07) is 12.1. The van der Waals surface area contributed by atoms with Crippen LogP contribution in [0.5, 0.6) is 0 Å². The van der Waals surface area contributed by atoms with Crippen molar-refractivity contribution in [2.24, 2.45) is 0 Å². The zero-order valence-electron chi connectivity index (χ0n) is 10.2. The van der Waals surface area contributed by atoms with Gasteiger partial charge >= 0.3 is 0 Å². The van der Waals surface area contributed by atoms with E-state index in [2.05, 4.69) is 6.07 Å². The Kier molecular flexibility index (Phi) is 3.90. The molecule has 96 valence electrons. The molecule has 0 amide bonds. The van der Waals surface area contributed by atoms with E-state index < -0.39 is 0 Å². The SMILES string of the molecule is CN(c1ccc(C#N)cc1)c1cc(F)c(I)cc1N. The van der Waals surface area contributed by atoms with Gasteiger partial charge in [-0.2, -0.15) is 5.26 Å². The van der Waals surface area contributed by atoms with Crippen LogP contribution in [0.15, 0.2) is 36.4 Å². The summed E-state index contributed by atoms with van der Waals surface area (Å²) in [6.45, 7) is 0. The third-order valence-corrected chi connectivity index (χ3v) is 3.64. The van der Waals surface area contributed by atoms with Crippen molar-refractivity contribution in [1.82, 2.24) is 0 Å². The lowest BCUT2D eigenvalue weighted by atomic mass is 10.2. The zero-order valence-corrected chi connectivity index (χ0v) is 12.3. The second-order valence-corrected chi connectivity index (χ2v) is 5.21. The second kappa shape index (κ2) is 5.45. The summed E-state index contributed by atoms with van der Waals surface area (Å²) in [6.07, 6.45) is 0. The summed E-state index contributed by atoms with van der Waals surface area (Å²) < 4.78 is 14.1. The van der Waals surface area contributed by atoms with E-state index in [1.54, 1.807) is 42.3 Å². The number of hydrogen-bond acceptors (Lipinski definition) is 3. The largest absolute Gasteiger partial charge is 0.397 e. The molecule has 2 rings (SSSR count). The predicted molar refractivity (Wildman–Crippen MR) is 82.7 cm³/mol. The lowest BCUT2D eigenvalue weighted by Crippen LogP contribution is -2.12. The summed E-state index contributed by atoms with van der Waals surface area (Å²) in [5, 5.41) is 8.76. The first-order chi connectivity index (χ1) is 9.02.